The predicted molar refractivity (Wildman–Crippen MR) is 55.7 cm³/mol. The van der Waals surface area contributed by atoms with Crippen LogP contribution >= 0.6 is 11.3 Å². The molecular weight excluding hydrogens is 212 g/mol. The van der Waals surface area contributed by atoms with Crippen molar-refractivity contribution in [2.24, 2.45) is 0 Å². The van der Waals surface area contributed by atoms with E-state index in [1.807, 2.05) is 6.07 Å². The van der Waals surface area contributed by atoms with Gasteiger partial charge in [0.2, 0.25) is 0 Å². The summed E-state index contributed by atoms with van der Waals surface area (Å²) >= 11 is 1.27. The number of nitriles is 1. The second-order valence-corrected chi connectivity index (χ2v) is 4.03. The average molecular weight is 218 g/mol. The monoisotopic (exact) mass is 218 g/mol. The van der Waals surface area contributed by atoms with Crippen molar-refractivity contribution >= 4 is 27.5 Å². The topological polar surface area (TPSA) is 74.0 Å². The molecule has 1 N–H and O–H groups in total. The van der Waals surface area contributed by atoms with Gasteiger partial charge in [-0.2, -0.15) is 5.26 Å². The van der Waals surface area contributed by atoms with Crippen molar-refractivity contribution in [3.63, 3.8) is 0 Å². The van der Waals surface area contributed by atoms with E-state index >= 15 is 0 Å². The molecule has 4 nitrogen and oxygen atoms in total. The summed E-state index contributed by atoms with van der Waals surface area (Å²) in [7, 11) is 0. The Bertz CT molecular complexity index is 568. The van der Waals surface area contributed by atoms with Crippen LogP contribution in [0.15, 0.2) is 18.2 Å². The first-order valence-electron chi connectivity index (χ1n) is 4.20. The van der Waals surface area contributed by atoms with E-state index in [9.17, 15) is 4.79 Å². The van der Waals surface area contributed by atoms with Gasteiger partial charge in [0, 0.05) is 0 Å². The second-order valence-electron chi connectivity index (χ2n) is 3.00. The molecule has 0 aliphatic carbocycles. The molecule has 1 aromatic carbocycles. The molecule has 0 atom stereocenters. The summed E-state index contributed by atoms with van der Waals surface area (Å²) in [5.74, 6) is -0.862. The first kappa shape index (κ1) is 9.62. The van der Waals surface area contributed by atoms with Gasteiger partial charge in [-0.3, -0.25) is 4.79 Å². The Morgan fingerprint density at radius 2 is 2.40 bits per heavy atom. The molecule has 2 aromatic rings. The van der Waals surface area contributed by atoms with Gasteiger partial charge in [0.25, 0.3) is 0 Å². The molecule has 1 heterocycles. The number of benzene rings is 1. The van der Waals surface area contributed by atoms with Crippen LogP contribution in [-0.2, 0) is 11.2 Å². The minimum absolute atomic E-state index is 0.00424. The first-order valence-corrected chi connectivity index (χ1v) is 5.02. The van der Waals surface area contributed by atoms with Crippen LogP contribution in [0.3, 0.4) is 0 Å². The van der Waals surface area contributed by atoms with Gasteiger partial charge in [0.05, 0.1) is 16.6 Å². The van der Waals surface area contributed by atoms with Crippen LogP contribution in [0, 0.1) is 11.3 Å². The van der Waals surface area contributed by atoms with Gasteiger partial charge in [-0.1, -0.05) is 6.07 Å². The molecular formula is C10H6N2O2S. The fourth-order valence-electron chi connectivity index (χ4n) is 1.30. The Kier molecular flexibility index (Phi) is 2.35. The van der Waals surface area contributed by atoms with Crippen LogP contribution in [0.2, 0.25) is 0 Å². The second kappa shape index (κ2) is 3.67. The Balaban J connectivity index is 2.47. The molecule has 74 valence electrons. The number of hydrogen-bond donors (Lipinski definition) is 1. The molecule has 0 aliphatic heterocycles. The normalized spacial score (nSPS) is 10.1. The average Bonchev–Trinajstić information content (AvgIpc) is 2.58. The van der Waals surface area contributed by atoms with Crippen molar-refractivity contribution < 1.29 is 9.90 Å². The molecule has 0 bridgehead atoms. The summed E-state index contributed by atoms with van der Waals surface area (Å²) in [5.41, 5.74) is 1.47. The lowest BCUT2D eigenvalue weighted by atomic mass is 10.1. The number of fused-ring (bicyclic) bond motifs is 1. The maximum absolute atomic E-state index is 10.5. The number of aliphatic carboxylic acids is 1. The zero-order valence-corrected chi connectivity index (χ0v) is 8.41. The van der Waals surface area contributed by atoms with Gasteiger partial charge in [-0.05, 0) is 17.7 Å². The van der Waals surface area contributed by atoms with E-state index in [0.717, 1.165) is 15.8 Å². The molecule has 0 amide bonds. The van der Waals surface area contributed by atoms with E-state index in [0.29, 0.717) is 5.01 Å². The van der Waals surface area contributed by atoms with E-state index in [1.165, 1.54) is 11.3 Å². The van der Waals surface area contributed by atoms with Crippen LogP contribution in [-0.4, -0.2) is 16.1 Å². The number of carboxylic acid groups (broad SMARTS) is 1. The Hall–Kier alpha value is -1.93. The Morgan fingerprint density at radius 1 is 1.60 bits per heavy atom. The van der Waals surface area contributed by atoms with Crippen molar-refractivity contribution in [2.75, 3.05) is 0 Å². The number of nitrogens with zero attached hydrogens (tertiary/aromatic N) is 2. The number of hydrogen-bond acceptors (Lipinski definition) is 4. The molecule has 0 unspecified atom stereocenters. The minimum Gasteiger partial charge on any atom is -0.481 e. The highest BCUT2D eigenvalue weighted by Gasteiger charge is 2.05. The molecule has 0 fully saturated rings. The van der Waals surface area contributed by atoms with Crippen LogP contribution < -0.4 is 0 Å². The van der Waals surface area contributed by atoms with Crippen LogP contribution in [0.25, 0.3) is 10.2 Å². The number of rotatable bonds is 2. The summed E-state index contributed by atoms with van der Waals surface area (Å²) in [5, 5.41) is 17.7. The highest BCUT2D eigenvalue weighted by molar-refractivity contribution is 7.19. The lowest BCUT2D eigenvalue weighted by Crippen LogP contribution is -1.99. The van der Waals surface area contributed by atoms with Crippen LogP contribution in [0.1, 0.15) is 10.6 Å². The molecule has 1 aromatic heterocycles. The molecule has 2 rings (SSSR count). The third kappa shape index (κ3) is 1.95. The van der Waals surface area contributed by atoms with Crippen molar-refractivity contribution in [3.05, 3.63) is 28.8 Å². The van der Waals surface area contributed by atoms with Crippen molar-refractivity contribution in [3.8, 4) is 6.07 Å². The smallest absolute Gasteiger partial charge is 0.307 e. The fraction of sp³-hybridized carbons (Fsp3) is 0.100. The molecule has 0 spiro atoms. The van der Waals surface area contributed by atoms with Gasteiger partial charge in [0.15, 0.2) is 5.01 Å². The van der Waals surface area contributed by atoms with Crippen LogP contribution in [0.4, 0.5) is 0 Å². The first-order chi connectivity index (χ1) is 7.19. The van der Waals surface area contributed by atoms with Gasteiger partial charge >= 0.3 is 5.97 Å². The molecule has 15 heavy (non-hydrogen) atoms. The standard InChI is InChI=1S/C10H6N2O2S/c11-5-9-12-7-2-1-6(4-10(13)14)3-8(7)15-9/h1-3H,4H2,(H,13,14). The summed E-state index contributed by atoms with van der Waals surface area (Å²) < 4.78 is 0.852. The Labute approximate surface area is 89.4 Å². The van der Waals surface area contributed by atoms with E-state index in [4.69, 9.17) is 10.4 Å². The van der Waals surface area contributed by atoms with E-state index in [1.54, 1.807) is 18.2 Å². The van der Waals surface area contributed by atoms with Gasteiger partial charge in [-0.15, -0.1) is 11.3 Å². The minimum atomic E-state index is -0.862. The zero-order valence-electron chi connectivity index (χ0n) is 7.60. The lowest BCUT2D eigenvalue weighted by molar-refractivity contribution is -0.136. The SMILES string of the molecule is N#Cc1nc2ccc(CC(=O)O)cc2s1. The third-order valence-electron chi connectivity index (χ3n) is 1.90. The quantitative estimate of drug-likeness (QED) is 0.833. The summed E-state index contributed by atoms with van der Waals surface area (Å²) in [6, 6.07) is 7.19. The van der Waals surface area contributed by atoms with E-state index in [2.05, 4.69) is 4.98 Å². The van der Waals surface area contributed by atoms with E-state index in [-0.39, 0.29) is 6.42 Å². The van der Waals surface area contributed by atoms with Crippen LogP contribution in [0.5, 0.6) is 0 Å². The van der Waals surface area contributed by atoms with Gasteiger partial charge < -0.3 is 5.11 Å². The van der Waals surface area contributed by atoms with Crippen molar-refractivity contribution in [1.82, 2.24) is 4.98 Å². The van der Waals surface area contributed by atoms with Crippen molar-refractivity contribution in [1.29, 1.82) is 5.26 Å². The number of carboxylic acids is 1. The largest absolute Gasteiger partial charge is 0.481 e. The Morgan fingerprint density at radius 3 is 3.07 bits per heavy atom. The maximum atomic E-state index is 10.5. The number of carbonyl (C=O) groups is 1. The maximum Gasteiger partial charge on any atom is 0.307 e. The lowest BCUT2D eigenvalue weighted by Gasteiger charge is -1.95. The molecule has 5 heteroatoms. The molecule has 0 saturated carbocycles. The highest BCUT2D eigenvalue weighted by Crippen LogP contribution is 2.22. The highest BCUT2D eigenvalue weighted by atomic mass is 32.1. The number of aromatic nitrogens is 1. The van der Waals surface area contributed by atoms with Crippen molar-refractivity contribution in [2.45, 2.75) is 6.42 Å². The zero-order chi connectivity index (χ0) is 10.8. The molecule has 0 saturated heterocycles. The van der Waals surface area contributed by atoms with Gasteiger partial charge in [-0.25, -0.2) is 4.98 Å². The summed E-state index contributed by atoms with van der Waals surface area (Å²) in [6.07, 6.45) is -0.00424. The molecule has 0 aliphatic rings. The van der Waals surface area contributed by atoms with Gasteiger partial charge in [0.1, 0.15) is 6.07 Å². The third-order valence-corrected chi connectivity index (χ3v) is 2.83. The summed E-state index contributed by atoms with van der Waals surface area (Å²) in [4.78, 5) is 14.6. The van der Waals surface area contributed by atoms with E-state index < -0.39 is 5.97 Å². The number of thiazole rings is 1. The summed E-state index contributed by atoms with van der Waals surface area (Å²) in [6.45, 7) is 0. The molecule has 0 radical (unpaired) electrons. The fourth-order valence-corrected chi connectivity index (χ4v) is 2.13. The predicted octanol–water partition coefficient (Wildman–Crippen LogP) is 1.80.